The number of rotatable bonds is 20. The van der Waals surface area contributed by atoms with Crippen LogP contribution >= 0.6 is 11.6 Å². The Bertz CT molecular complexity index is 1750. The Labute approximate surface area is 326 Å². The number of likely N-dealkylation sites (tertiary alicyclic amines) is 1. The summed E-state index contributed by atoms with van der Waals surface area (Å²) in [5.74, 6) is -4.92. The van der Waals surface area contributed by atoms with Gasteiger partial charge in [-0.3, -0.25) is 28.8 Å². The van der Waals surface area contributed by atoms with Gasteiger partial charge in [-0.25, -0.2) is 4.79 Å². The number of benzene rings is 2. The van der Waals surface area contributed by atoms with Gasteiger partial charge in [0.25, 0.3) is 0 Å². The number of hydrogen-bond donors (Lipinski definition) is 6. The van der Waals surface area contributed by atoms with Gasteiger partial charge in [0.1, 0.15) is 18.0 Å². The number of carboxylic acids is 1. The first kappa shape index (κ1) is 42.5. The monoisotopic (exact) mass is 778 g/mol. The number of primary amides is 1. The number of halogens is 1. The molecule has 7 N–H and O–H groups in total. The van der Waals surface area contributed by atoms with Crippen LogP contribution in [0.4, 0.5) is 4.79 Å². The number of carbonyl (C=O) groups excluding carboxylic acids is 6. The normalized spacial score (nSPS) is 16.4. The number of aliphatic carboxylic acids is 1. The molecule has 4 atom stereocenters. The number of alkyl halides is 1. The average Bonchev–Trinajstić information content (AvgIpc) is 3.58. The number of carboxylic acid groups (broad SMARTS) is 1. The molecular weight excluding hydrogens is 728 g/mol. The van der Waals surface area contributed by atoms with Crippen LogP contribution in [0.15, 0.2) is 54.6 Å². The van der Waals surface area contributed by atoms with Crippen molar-refractivity contribution < 1.29 is 38.7 Å². The van der Waals surface area contributed by atoms with Crippen molar-refractivity contribution in [1.29, 1.82) is 0 Å². The fourth-order valence-electron chi connectivity index (χ4n) is 7.02. The minimum absolute atomic E-state index is 0.149. The van der Waals surface area contributed by atoms with E-state index in [1.54, 1.807) is 0 Å². The Morgan fingerprint density at radius 2 is 1.69 bits per heavy atom. The van der Waals surface area contributed by atoms with Crippen molar-refractivity contribution in [3.05, 3.63) is 76.9 Å². The smallest absolute Gasteiger partial charge is 0.312 e. The second-order valence-corrected chi connectivity index (χ2v) is 14.4. The number of piperidine rings is 1. The first-order valence-corrected chi connectivity index (χ1v) is 19.2. The number of allylic oxidation sites excluding steroid dienone is 1. The van der Waals surface area contributed by atoms with Gasteiger partial charge in [0.05, 0.1) is 6.04 Å². The van der Waals surface area contributed by atoms with E-state index >= 15 is 0 Å². The average molecular weight is 779 g/mol. The second kappa shape index (κ2) is 21.0. The van der Waals surface area contributed by atoms with E-state index < -0.39 is 66.1 Å². The molecule has 55 heavy (non-hydrogen) atoms. The first-order chi connectivity index (χ1) is 26.4. The minimum Gasteiger partial charge on any atom is -0.481 e. The molecule has 1 aliphatic carbocycles. The van der Waals surface area contributed by atoms with Gasteiger partial charge in [-0.1, -0.05) is 60.2 Å². The molecule has 0 bridgehead atoms. The van der Waals surface area contributed by atoms with E-state index in [9.17, 15) is 38.7 Å². The molecule has 296 valence electrons. The van der Waals surface area contributed by atoms with Gasteiger partial charge < -0.3 is 37.0 Å². The van der Waals surface area contributed by atoms with Crippen molar-refractivity contribution in [3.63, 3.8) is 0 Å². The first-order valence-electron chi connectivity index (χ1n) is 18.7. The van der Waals surface area contributed by atoms with E-state index in [-0.39, 0.29) is 63.4 Å². The zero-order valence-corrected chi connectivity index (χ0v) is 31.9. The number of urea groups is 1. The van der Waals surface area contributed by atoms with Crippen molar-refractivity contribution in [2.24, 2.45) is 11.7 Å². The molecule has 1 fully saturated rings. The van der Waals surface area contributed by atoms with Crippen molar-refractivity contribution in [1.82, 2.24) is 26.2 Å². The minimum atomic E-state index is -1.21. The maximum atomic E-state index is 14.3. The van der Waals surface area contributed by atoms with Crippen LogP contribution in [-0.2, 0) is 41.7 Å². The van der Waals surface area contributed by atoms with Crippen molar-refractivity contribution in [2.45, 2.75) is 95.8 Å². The van der Waals surface area contributed by atoms with Crippen LogP contribution in [0, 0.1) is 12.8 Å². The predicted octanol–water partition coefficient (Wildman–Crippen LogP) is 3.12. The molecular formula is C40H51ClN6O8. The highest BCUT2D eigenvalue weighted by atomic mass is 35.5. The van der Waals surface area contributed by atoms with Crippen LogP contribution < -0.4 is 27.0 Å². The van der Waals surface area contributed by atoms with E-state index in [0.29, 0.717) is 25.7 Å². The second-order valence-electron chi connectivity index (χ2n) is 14.1. The van der Waals surface area contributed by atoms with Gasteiger partial charge in [0, 0.05) is 44.8 Å². The lowest BCUT2D eigenvalue weighted by Gasteiger charge is -2.37. The number of nitrogens with one attached hydrogen (secondary N) is 4. The maximum absolute atomic E-state index is 14.3. The summed E-state index contributed by atoms with van der Waals surface area (Å²) in [6, 6.07) is 11.5. The molecule has 6 amide bonds. The lowest BCUT2D eigenvalue weighted by molar-refractivity contribution is -0.146. The molecule has 0 radical (unpaired) electrons. The summed E-state index contributed by atoms with van der Waals surface area (Å²) in [7, 11) is 0. The van der Waals surface area contributed by atoms with Crippen LogP contribution in [-0.4, -0.2) is 88.5 Å². The van der Waals surface area contributed by atoms with Crippen LogP contribution in [0.3, 0.4) is 0 Å². The predicted molar refractivity (Wildman–Crippen MR) is 207 cm³/mol. The molecule has 0 aromatic heterocycles. The molecule has 4 rings (SSSR count). The Kier molecular flexibility index (Phi) is 16.2. The number of ketones is 1. The third-order valence-electron chi connectivity index (χ3n) is 9.99. The summed E-state index contributed by atoms with van der Waals surface area (Å²) in [6.45, 7) is 2.61. The molecule has 0 unspecified atom stereocenters. The fraction of sp³-hybridized carbons (Fsp3) is 0.475. The third-order valence-corrected chi connectivity index (χ3v) is 10.2. The van der Waals surface area contributed by atoms with Crippen molar-refractivity contribution in [2.75, 3.05) is 19.0 Å². The number of amides is 6. The lowest BCUT2D eigenvalue weighted by Crippen LogP contribution is -2.59. The van der Waals surface area contributed by atoms with Crippen molar-refractivity contribution >= 4 is 58.6 Å². The number of aryl methyl sites for hydroxylation is 1. The van der Waals surface area contributed by atoms with Crippen LogP contribution in [0.2, 0.25) is 0 Å². The largest absolute Gasteiger partial charge is 0.481 e. The Hall–Kier alpha value is -5.24. The maximum Gasteiger partial charge on any atom is 0.312 e. The molecule has 1 saturated heterocycles. The number of nitrogens with two attached hydrogens (primary N) is 1. The number of nitrogens with zero attached hydrogens (tertiary/aromatic N) is 1. The Morgan fingerprint density at radius 1 is 0.945 bits per heavy atom. The Balaban J connectivity index is 1.57. The standard InChI is InChI=1S/C40H51ClN6O8/c1-25-11-13-26(14-12-25)24-44-37(52)29(8-6-19-43-40(42)55)22-34(48)32(21-28-16-15-27-7-2-3-9-30(27)28)46-38(53)33-10-4-5-20-47(33)39(54)31(17-18-36(50)51)45-35(49)23-41/h2-3,7,9,11-14,16,29,31-33H,4-6,8,10,15,17-24H2,1H3,(H,44,52)(H,45,49)(H,46,53)(H,50,51)(H3,42,43,55)/t29-,31+,32+,33+/m1/s1. The number of fused-ring (bicyclic) bond motifs is 1. The molecule has 2 aliphatic rings. The Morgan fingerprint density at radius 3 is 2.40 bits per heavy atom. The van der Waals surface area contributed by atoms with E-state index in [1.165, 1.54) is 4.90 Å². The zero-order valence-electron chi connectivity index (χ0n) is 31.1. The molecule has 1 heterocycles. The van der Waals surface area contributed by atoms with Gasteiger partial charge >= 0.3 is 12.0 Å². The van der Waals surface area contributed by atoms with Crippen LogP contribution in [0.5, 0.6) is 0 Å². The summed E-state index contributed by atoms with van der Waals surface area (Å²) in [6.07, 6.45) is 4.15. The summed E-state index contributed by atoms with van der Waals surface area (Å²) in [4.78, 5) is 92.2. The molecule has 15 heteroatoms. The topological polar surface area (TPSA) is 217 Å². The van der Waals surface area contributed by atoms with Crippen molar-refractivity contribution in [3.8, 4) is 0 Å². The quantitative estimate of drug-likeness (QED) is 0.0865. The summed E-state index contributed by atoms with van der Waals surface area (Å²) in [5.41, 5.74) is 10.1. The van der Waals surface area contributed by atoms with E-state index in [0.717, 1.165) is 27.8 Å². The van der Waals surface area contributed by atoms with Crippen LogP contribution in [0.25, 0.3) is 5.57 Å². The highest BCUT2D eigenvalue weighted by Gasteiger charge is 2.38. The molecule has 2 aromatic rings. The summed E-state index contributed by atoms with van der Waals surface area (Å²) < 4.78 is 0. The highest BCUT2D eigenvalue weighted by Crippen LogP contribution is 2.31. The third kappa shape index (κ3) is 12.9. The van der Waals surface area contributed by atoms with E-state index in [1.807, 2.05) is 61.5 Å². The summed E-state index contributed by atoms with van der Waals surface area (Å²) in [5, 5.41) is 20.1. The zero-order chi connectivity index (χ0) is 39.9. The fourth-order valence-corrected chi connectivity index (χ4v) is 7.09. The van der Waals surface area contributed by atoms with Crippen LogP contribution in [0.1, 0.15) is 80.0 Å². The molecule has 14 nitrogen and oxygen atoms in total. The number of Topliss-reactive ketones (excluding diaryl/α,β-unsaturated/α-hetero) is 1. The summed E-state index contributed by atoms with van der Waals surface area (Å²) >= 11 is 5.67. The van der Waals surface area contributed by atoms with E-state index in [2.05, 4.69) is 21.3 Å². The number of hydrogen-bond acceptors (Lipinski definition) is 7. The SMILES string of the molecule is Cc1ccc(CNC(=O)[C@H](CCCNC(N)=O)CC(=O)[C@H](CC2=CCc3ccccc32)NC(=O)[C@@H]2CCCCN2C(=O)[C@H](CCC(=O)O)NC(=O)CCl)cc1. The lowest BCUT2D eigenvalue weighted by atomic mass is 9.89. The van der Waals surface area contributed by atoms with Gasteiger partial charge in [0.15, 0.2) is 5.78 Å². The van der Waals surface area contributed by atoms with Gasteiger partial charge in [0.2, 0.25) is 23.6 Å². The number of carbonyl (C=O) groups is 7. The highest BCUT2D eigenvalue weighted by molar-refractivity contribution is 6.27. The molecule has 0 saturated carbocycles. The molecule has 0 spiro atoms. The molecule has 2 aromatic carbocycles. The van der Waals surface area contributed by atoms with Gasteiger partial charge in [-0.05, 0) is 74.1 Å². The van der Waals surface area contributed by atoms with Gasteiger partial charge in [-0.2, -0.15) is 0 Å². The van der Waals surface area contributed by atoms with Gasteiger partial charge in [-0.15, -0.1) is 11.6 Å². The molecule has 1 aliphatic heterocycles. The van der Waals surface area contributed by atoms with E-state index in [4.69, 9.17) is 17.3 Å².